The maximum Gasteiger partial charge on any atom is 0.274 e. The van der Waals surface area contributed by atoms with Gasteiger partial charge in [0.25, 0.3) is 11.3 Å². The molecular weight excluding hydrogens is 328 g/mol. The van der Waals surface area contributed by atoms with Gasteiger partial charge in [0.2, 0.25) is 0 Å². The Morgan fingerprint density at radius 2 is 2.15 bits per heavy atom. The zero-order valence-corrected chi connectivity index (χ0v) is 14.8. The molecular formula is C20H22N4O2. The lowest BCUT2D eigenvalue weighted by Crippen LogP contribution is -2.30. The number of H-pyrrole nitrogens is 1. The largest absolute Gasteiger partial charge is 0.371 e. The smallest absolute Gasteiger partial charge is 0.274 e. The van der Waals surface area contributed by atoms with E-state index in [0.29, 0.717) is 29.3 Å². The number of nitrogens with zero attached hydrogens (tertiary/aromatic N) is 3. The van der Waals surface area contributed by atoms with Crippen molar-refractivity contribution in [2.24, 2.45) is 11.3 Å². The standard InChI is InChI=1S/C20H22N4O2/c1-20-8-7-13(11-20)9-16(20)26-12-15-10-17(25)24-19(21-15)22-18(23-24)14-5-3-2-4-6-14/h2-6,10,13,16H,7-9,11-12H2,1H3,(H,21,22,23)/t13?,16-,20-/m1/s1. The summed E-state index contributed by atoms with van der Waals surface area (Å²) < 4.78 is 7.55. The molecule has 6 nitrogen and oxygen atoms in total. The molecule has 26 heavy (non-hydrogen) atoms. The van der Waals surface area contributed by atoms with Crippen LogP contribution in [0.15, 0.2) is 41.2 Å². The molecule has 5 rings (SSSR count). The van der Waals surface area contributed by atoms with Crippen molar-refractivity contribution in [3.63, 3.8) is 0 Å². The average Bonchev–Trinajstić information content (AvgIpc) is 3.32. The maximum atomic E-state index is 12.4. The molecule has 134 valence electrons. The van der Waals surface area contributed by atoms with Crippen LogP contribution in [0.3, 0.4) is 0 Å². The average molecular weight is 350 g/mol. The molecule has 2 aromatic heterocycles. The molecule has 0 radical (unpaired) electrons. The summed E-state index contributed by atoms with van der Waals surface area (Å²) in [5.74, 6) is 1.83. The van der Waals surface area contributed by atoms with Gasteiger partial charge in [0.05, 0.1) is 18.4 Å². The molecule has 0 spiro atoms. The van der Waals surface area contributed by atoms with E-state index in [4.69, 9.17) is 4.74 Å². The van der Waals surface area contributed by atoms with E-state index in [1.54, 1.807) is 0 Å². The zero-order chi connectivity index (χ0) is 17.7. The van der Waals surface area contributed by atoms with E-state index < -0.39 is 0 Å². The lowest BCUT2D eigenvalue weighted by Gasteiger charge is -2.31. The van der Waals surface area contributed by atoms with Crippen molar-refractivity contribution < 1.29 is 4.74 Å². The number of rotatable bonds is 4. The molecule has 0 amide bonds. The minimum atomic E-state index is -0.164. The van der Waals surface area contributed by atoms with Gasteiger partial charge < -0.3 is 4.74 Å². The molecule has 1 N–H and O–H groups in total. The Kier molecular flexibility index (Phi) is 3.50. The second kappa shape index (κ2) is 5.77. The second-order valence-electron chi connectivity index (χ2n) is 7.96. The van der Waals surface area contributed by atoms with Crippen molar-refractivity contribution >= 4 is 5.78 Å². The maximum absolute atomic E-state index is 12.4. The Morgan fingerprint density at radius 1 is 1.31 bits per heavy atom. The van der Waals surface area contributed by atoms with Crippen molar-refractivity contribution in [3.05, 3.63) is 52.4 Å². The van der Waals surface area contributed by atoms with Crippen LogP contribution in [0.4, 0.5) is 0 Å². The van der Waals surface area contributed by atoms with Gasteiger partial charge in [-0.3, -0.25) is 9.89 Å². The van der Waals surface area contributed by atoms with E-state index in [-0.39, 0.29) is 11.7 Å². The lowest BCUT2D eigenvalue weighted by molar-refractivity contribution is -0.0342. The van der Waals surface area contributed by atoms with Gasteiger partial charge in [-0.2, -0.15) is 9.50 Å². The summed E-state index contributed by atoms with van der Waals surface area (Å²) in [6.07, 6.45) is 5.26. The first kappa shape index (κ1) is 15.8. The summed E-state index contributed by atoms with van der Waals surface area (Å²) in [7, 11) is 0. The first-order valence-electron chi connectivity index (χ1n) is 9.26. The van der Waals surface area contributed by atoms with E-state index in [2.05, 4.69) is 22.0 Å². The molecule has 3 atom stereocenters. The van der Waals surface area contributed by atoms with Crippen LogP contribution >= 0.6 is 0 Å². The van der Waals surface area contributed by atoms with Crippen molar-refractivity contribution in [2.45, 2.75) is 45.3 Å². The molecule has 0 aliphatic heterocycles. The highest BCUT2D eigenvalue weighted by Crippen LogP contribution is 2.55. The summed E-state index contributed by atoms with van der Waals surface area (Å²) in [6, 6.07) is 11.3. The summed E-state index contributed by atoms with van der Waals surface area (Å²) >= 11 is 0. The number of hydrogen-bond donors (Lipinski definition) is 1. The van der Waals surface area contributed by atoms with Gasteiger partial charge >= 0.3 is 0 Å². The van der Waals surface area contributed by atoms with Crippen LogP contribution < -0.4 is 5.56 Å². The monoisotopic (exact) mass is 350 g/mol. The lowest BCUT2D eigenvalue weighted by atomic mass is 9.84. The minimum absolute atomic E-state index is 0.164. The normalized spacial score (nSPS) is 27.4. The summed E-state index contributed by atoms with van der Waals surface area (Å²) in [5.41, 5.74) is 1.71. The predicted octanol–water partition coefficient (Wildman–Crippen LogP) is 3.18. The molecule has 2 aliphatic carbocycles. The highest BCUT2D eigenvalue weighted by atomic mass is 16.5. The number of fused-ring (bicyclic) bond motifs is 3. The Labute approximate surface area is 151 Å². The van der Waals surface area contributed by atoms with Crippen molar-refractivity contribution in [1.29, 1.82) is 0 Å². The van der Waals surface area contributed by atoms with Gasteiger partial charge in [-0.25, -0.2) is 4.98 Å². The molecule has 3 aromatic rings. The minimum Gasteiger partial charge on any atom is -0.371 e. The molecule has 2 aliphatic rings. The highest BCUT2D eigenvalue weighted by molar-refractivity contribution is 5.56. The molecule has 2 saturated carbocycles. The number of aromatic nitrogens is 4. The van der Waals surface area contributed by atoms with Gasteiger partial charge in [0, 0.05) is 11.6 Å². The van der Waals surface area contributed by atoms with Crippen LogP contribution in [-0.2, 0) is 11.3 Å². The predicted molar refractivity (Wildman–Crippen MR) is 97.7 cm³/mol. The van der Waals surface area contributed by atoms with Gasteiger partial charge in [0.1, 0.15) is 0 Å². The van der Waals surface area contributed by atoms with Crippen molar-refractivity contribution in [2.75, 3.05) is 0 Å². The Morgan fingerprint density at radius 3 is 2.88 bits per heavy atom. The fourth-order valence-corrected chi connectivity index (χ4v) is 4.66. The molecule has 6 heteroatoms. The Bertz CT molecular complexity index is 1010. The number of hydrogen-bond acceptors (Lipinski definition) is 4. The van der Waals surface area contributed by atoms with Crippen molar-refractivity contribution in [1.82, 2.24) is 19.6 Å². The van der Waals surface area contributed by atoms with Crippen LogP contribution in [-0.4, -0.2) is 25.7 Å². The third-order valence-electron chi connectivity index (χ3n) is 6.07. The highest BCUT2D eigenvalue weighted by Gasteiger charge is 2.49. The Hall–Kier alpha value is -2.47. The summed E-state index contributed by atoms with van der Waals surface area (Å²) in [4.78, 5) is 21.4. The van der Waals surface area contributed by atoms with Crippen LogP contribution in [0.5, 0.6) is 0 Å². The summed E-state index contributed by atoms with van der Waals surface area (Å²) in [5, 5.41) is 3.02. The summed E-state index contributed by atoms with van der Waals surface area (Å²) in [6.45, 7) is 2.70. The molecule has 0 saturated heterocycles. The van der Waals surface area contributed by atoms with E-state index >= 15 is 0 Å². The van der Waals surface area contributed by atoms with E-state index in [1.807, 2.05) is 30.3 Å². The van der Waals surface area contributed by atoms with Gasteiger partial charge in [-0.15, -0.1) is 0 Å². The molecule has 1 aromatic carbocycles. The third-order valence-corrected chi connectivity index (χ3v) is 6.07. The third kappa shape index (κ3) is 2.56. The second-order valence-corrected chi connectivity index (χ2v) is 7.96. The van der Waals surface area contributed by atoms with Crippen LogP contribution in [0, 0.1) is 11.3 Å². The first-order valence-corrected chi connectivity index (χ1v) is 9.26. The number of nitrogens with one attached hydrogen (secondary N) is 1. The zero-order valence-electron chi connectivity index (χ0n) is 14.8. The van der Waals surface area contributed by atoms with Gasteiger partial charge in [0.15, 0.2) is 5.82 Å². The van der Waals surface area contributed by atoms with Gasteiger partial charge in [-0.05, 0) is 37.0 Å². The topological polar surface area (TPSA) is 72.3 Å². The van der Waals surface area contributed by atoms with Crippen LogP contribution in [0.2, 0.25) is 0 Å². The molecule has 2 bridgehead atoms. The van der Waals surface area contributed by atoms with Gasteiger partial charge in [-0.1, -0.05) is 37.3 Å². The first-order chi connectivity index (χ1) is 12.6. The van der Waals surface area contributed by atoms with E-state index in [0.717, 1.165) is 17.9 Å². The number of benzene rings is 1. The van der Waals surface area contributed by atoms with Crippen LogP contribution in [0.1, 0.15) is 38.3 Å². The molecule has 2 heterocycles. The SMILES string of the molecule is C[C@]12CCC(C[C@H]1OCc1cc(=O)n3[nH]c(-c4ccccc4)nc3n1)C2. The van der Waals surface area contributed by atoms with E-state index in [9.17, 15) is 4.79 Å². The number of ether oxygens (including phenoxy) is 1. The van der Waals surface area contributed by atoms with E-state index in [1.165, 1.54) is 29.8 Å². The quantitative estimate of drug-likeness (QED) is 0.784. The molecule has 1 unspecified atom stereocenters. The number of aromatic amines is 1. The molecule has 2 fully saturated rings. The fraction of sp³-hybridized carbons (Fsp3) is 0.450. The fourth-order valence-electron chi connectivity index (χ4n) is 4.66. The Balaban J connectivity index is 1.40. The van der Waals surface area contributed by atoms with Crippen molar-refractivity contribution in [3.8, 4) is 11.4 Å². The van der Waals surface area contributed by atoms with Crippen LogP contribution in [0.25, 0.3) is 17.2 Å².